The fourth-order valence-electron chi connectivity index (χ4n) is 2.80. The fraction of sp³-hybridized carbons (Fsp3) is 0.444. The molecule has 0 unspecified atom stereocenters. The van der Waals surface area contributed by atoms with Gasteiger partial charge in [-0.2, -0.15) is 0 Å². The molecule has 1 aromatic carbocycles. The van der Waals surface area contributed by atoms with Crippen LogP contribution in [-0.4, -0.2) is 37.3 Å². The van der Waals surface area contributed by atoms with Gasteiger partial charge in [0, 0.05) is 18.9 Å². The van der Waals surface area contributed by atoms with Crippen molar-refractivity contribution in [3.63, 3.8) is 0 Å². The molecule has 0 aliphatic heterocycles. The van der Waals surface area contributed by atoms with Gasteiger partial charge in [-0.05, 0) is 42.0 Å². The smallest absolute Gasteiger partial charge is 0.413 e. The number of anilines is 1. The summed E-state index contributed by atoms with van der Waals surface area (Å²) in [5.74, 6) is 1.41. The summed E-state index contributed by atoms with van der Waals surface area (Å²) in [6.45, 7) is 4.35. The number of benzene rings is 1. The van der Waals surface area contributed by atoms with E-state index in [9.17, 15) is 4.79 Å². The Hall–Kier alpha value is -2.50. The van der Waals surface area contributed by atoms with E-state index in [0.717, 1.165) is 29.1 Å². The van der Waals surface area contributed by atoms with E-state index in [2.05, 4.69) is 23.8 Å². The zero-order valence-corrected chi connectivity index (χ0v) is 14.9. The lowest BCUT2D eigenvalue weighted by Crippen LogP contribution is -2.26. The van der Waals surface area contributed by atoms with Crippen molar-refractivity contribution in [1.29, 1.82) is 0 Å². The highest BCUT2D eigenvalue weighted by Crippen LogP contribution is 2.36. The molecule has 2 rings (SSSR count). The third-order valence-electron chi connectivity index (χ3n) is 4.24. The molecule has 130 valence electrons. The number of nitrogens with one attached hydrogen (secondary N) is 1. The molecule has 0 aliphatic carbocycles. The average molecular weight is 331 g/mol. The van der Waals surface area contributed by atoms with Gasteiger partial charge in [-0.1, -0.05) is 13.8 Å². The summed E-state index contributed by atoms with van der Waals surface area (Å²) in [7, 11) is 4.72. The van der Waals surface area contributed by atoms with E-state index in [0.29, 0.717) is 5.92 Å². The first kappa shape index (κ1) is 17.8. The molecule has 1 atom stereocenters. The number of methoxy groups -OCH3 is 2. The molecule has 0 fully saturated rings. The van der Waals surface area contributed by atoms with Gasteiger partial charge in [0.05, 0.1) is 26.2 Å². The Morgan fingerprint density at radius 3 is 2.62 bits per heavy atom. The van der Waals surface area contributed by atoms with Crippen LogP contribution < -0.4 is 9.64 Å². The van der Waals surface area contributed by atoms with Crippen molar-refractivity contribution >= 4 is 11.8 Å². The Bertz CT molecular complexity index is 668. The molecule has 0 saturated carbocycles. The Labute approximate surface area is 142 Å². The van der Waals surface area contributed by atoms with Crippen LogP contribution in [0.25, 0.3) is 0 Å². The number of aromatic nitrogens is 2. The monoisotopic (exact) mass is 331 g/mol. The topological polar surface area (TPSA) is 67.4 Å². The van der Waals surface area contributed by atoms with Gasteiger partial charge in [0.2, 0.25) is 0 Å². The summed E-state index contributed by atoms with van der Waals surface area (Å²) in [6.07, 6.45) is 3.99. The number of hydrogen-bond acceptors (Lipinski definition) is 4. The number of carbonyl (C=O) groups excluding carboxylic acids is 1. The van der Waals surface area contributed by atoms with Crippen LogP contribution in [0.3, 0.4) is 0 Å². The Morgan fingerprint density at radius 1 is 1.33 bits per heavy atom. The van der Waals surface area contributed by atoms with Crippen molar-refractivity contribution in [3.8, 4) is 5.75 Å². The predicted molar refractivity (Wildman–Crippen MR) is 93.7 cm³/mol. The maximum atomic E-state index is 11.8. The van der Waals surface area contributed by atoms with E-state index in [1.54, 1.807) is 20.5 Å². The van der Waals surface area contributed by atoms with Crippen LogP contribution >= 0.6 is 0 Å². The largest absolute Gasteiger partial charge is 0.496 e. The van der Waals surface area contributed by atoms with Gasteiger partial charge in [-0.3, -0.25) is 4.90 Å². The van der Waals surface area contributed by atoms with Crippen molar-refractivity contribution in [2.24, 2.45) is 5.92 Å². The number of amides is 1. The van der Waals surface area contributed by atoms with Gasteiger partial charge in [-0.25, -0.2) is 9.78 Å². The third kappa shape index (κ3) is 3.88. The van der Waals surface area contributed by atoms with Crippen LogP contribution in [0.15, 0.2) is 30.7 Å². The van der Waals surface area contributed by atoms with Gasteiger partial charge < -0.3 is 14.5 Å². The van der Waals surface area contributed by atoms with Crippen molar-refractivity contribution in [2.75, 3.05) is 26.2 Å². The highest BCUT2D eigenvalue weighted by atomic mass is 16.5. The number of carbonyl (C=O) groups is 1. The second-order valence-electron chi connectivity index (χ2n) is 6.07. The van der Waals surface area contributed by atoms with Crippen LogP contribution in [0.2, 0.25) is 0 Å². The highest BCUT2D eigenvalue weighted by Gasteiger charge is 2.23. The number of aromatic amines is 1. The third-order valence-corrected chi connectivity index (χ3v) is 4.24. The van der Waals surface area contributed by atoms with Crippen molar-refractivity contribution in [3.05, 3.63) is 42.0 Å². The van der Waals surface area contributed by atoms with E-state index < -0.39 is 6.09 Å². The van der Waals surface area contributed by atoms with Gasteiger partial charge in [-0.15, -0.1) is 0 Å². The highest BCUT2D eigenvalue weighted by molar-refractivity contribution is 5.87. The lowest BCUT2D eigenvalue weighted by atomic mass is 9.84. The number of hydrogen-bond donors (Lipinski definition) is 1. The molecular weight excluding hydrogens is 306 g/mol. The summed E-state index contributed by atoms with van der Waals surface area (Å²) >= 11 is 0. The number of ether oxygens (including phenoxy) is 2. The first-order valence-corrected chi connectivity index (χ1v) is 7.95. The fourth-order valence-corrected chi connectivity index (χ4v) is 2.80. The second kappa shape index (κ2) is 7.86. The molecular formula is C18H25N3O3. The van der Waals surface area contributed by atoms with Crippen LogP contribution in [0.1, 0.15) is 31.0 Å². The minimum Gasteiger partial charge on any atom is -0.496 e. The van der Waals surface area contributed by atoms with E-state index in [1.807, 2.05) is 24.4 Å². The van der Waals surface area contributed by atoms with Crippen LogP contribution in [0, 0.1) is 5.92 Å². The van der Waals surface area contributed by atoms with Crippen LogP contribution in [0.4, 0.5) is 10.5 Å². The molecule has 0 spiro atoms. The molecule has 6 heteroatoms. The Kier molecular flexibility index (Phi) is 5.84. The second-order valence-corrected chi connectivity index (χ2v) is 6.07. The summed E-state index contributed by atoms with van der Waals surface area (Å²) in [4.78, 5) is 20.6. The summed E-state index contributed by atoms with van der Waals surface area (Å²) < 4.78 is 10.4. The maximum absolute atomic E-state index is 11.8. The zero-order chi connectivity index (χ0) is 17.7. The molecule has 1 amide bonds. The first-order chi connectivity index (χ1) is 11.5. The first-order valence-electron chi connectivity index (χ1n) is 7.95. The Morgan fingerprint density at radius 2 is 2.08 bits per heavy atom. The lowest BCUT2D eigenvalue weighted by molar-refractivity contribution is 0.180. The van der Waals surface area contributed by atoms with Crippen molar-refractivity contribution < 1.29 is 14.3 Å². The molecule has 0 aliphatic rings. The maximum Gasteiger partial charge on any atom is 0.413 e. The molecule has 2 aromatic rings. The van der Waals surface area contributed by atoms with E-state index in [1.165, 1.54) is 12.0 Å². The summed E-state index contributed by atoms with van der Waals surface area (Å²) in [6, 6.07) is 5.74. The molecule has 0 radical (unpaired) electrons. The van der Waals surface area contributed by atoms with E-state index in [4.69, 9.17) is 9.47 Å². The van der Waals surface area contributed by atoms with Crippen molar-refractivity contribution in [1.82, 2.24) is 9.97 Å². The molecule has 1 N–H and O–H groups in total. The summed E-state index contributed by atoms with van der Waals surface area (Å²) in [5, 5.41) is 0. The quantitative estimate of drug-likeness (QED) is 0.878. The van der Waals surface area contributed by atoms with Gasteiger partial charge in [0.15, 0.2) is 0 Å². The molecule has 6 nitrogen and oxygen atoms in total. The molecule has 0 saturated heterocycles. The molecule has 1 heterocycles. The van der Waals surface area contributed by atoms with Gasteiger partial charge >= 0.3 is 6.09 Å². The minimum absolute atomic E-state index is 0.217. The molecule has 0 bridgehead atoms. The van der Waals surface area contributed by atoms with E-state index >= 15 is 0 Å². The molecule has 24 heavy (non-hydrogen) atoms. The lowest BCUT2D eigenvalue weighted by Gasteiger charge is -2.25. The summed E-state index contributed by atoms with van der Waals surface area (Å²) in [5.41, 5.74) is 2.83. The van der Waals surface area contributed by atoms with Gasteiger partial charge in [0.25, 0.3) is 0 Å². The van der Waals surface area contributed by atoms with E-state index in [-0.39, 0.29) is 5.92 Å². The SMILES string of the molecule is COC(=O)N(C)c1ccc(OC)c([C@@H](Cc2c[nH]cn2)C(C)C)c1. The van der Waals surface area contributed by atoms with Crippen LogP contribution in [0.5, 0.6) is 5.75 Å². The molecule has 1 aromatic heterocycles. The zero-order valence-electron chi connectivity index (χ0n) is 14.9. The minimum atomic E-state index is -0.403. The number of rotatable bonds is 6. The van der Waals surface area contributed by atoms with Crippen molar-refractivity contribution in [2.45, 2.75) is 26.2 Å². The normalized spacial score (nSPS) is 12.1. The number of H-pyrrole nitrogens is 1. The average Bonchev–Trinajstić information content (AvgIpc) is 3.10. The number of imidazole rings is 1. The number of nitrogens with zero attached hydrogens (tertiary/aromatic N) is 2. The standard InChI is InChI=1S/C18H25N3O3/c1-12(2)15(8-13-10-19-11-20-13)16-9-14(6-7-17(16)23-4)21(3)18(22)24-5/h6-7,9-12,15H,8H2,1-5H3,(H,19,20)/t15-/m0/s1. The van der Waals surface area contributed by atoms with Gasteiger partial charge in [0.1, 0.15) is 5.75 Å². The van der Waals surface area contributed by atoms with Crippen LogP contribution in [-0.2, 0) is 11.2 Å². The predicted octanol–water partition coefficient (Wildman–Crippen LogP) is 3.60. The Balaban J connectivity index is 2.41.